The topological polar surface area (TPSA) is 114 Å². The molecule has 1 aliphatic rings. The first-order valence-electron chi connectivity index (χ1n) is 11.8. The third kappa shape index (κ3) is 5.38. The molecule has 36 heavy (non-hydrogen) atoms. The Morgan fingerprint density at radius 1 is 1.14 bits per heavy atom. The van der Waals surface area contributed by atoms with Gasteiger partial charge in [-0.1, -0.05) is 28.1 Å². The minimum Gasteiger partial charge on any atom is -0.444 e. The summed E-state index contributed by atoms with van der Waals surface area (Å²) in [6, 6.07) is 11.7. The maximum Gasteiger partial charge on any atom is 0.410 e. The minimum atomic E-state index is -0.652. The number of fused-ring (bicyclic) bond motifs is 1. The van der Waals surface area contributed by atoms with Crippen LogP contribution in [0.1, 0.15) is 56.1 Å². The van der Waals surface area contributed by atoms with E-state index in [9.17, 15) is 19.2 Å². The summed E-state index contributed by atoms with van der Waals surface area (Å²) in [6.45, 7) is 7.69. The molecule has 190 valence electrons. The first kappa shape index (κ1) is 25.7. The van der Waals surface area contributed by atoms with E-state index < -0.39 is 22.9 Å². The van der Waals surface area contributed by atoms with Crippen molar-refractivity contribution in [3.8, 4) is 0 Å². The van der Waals surface area contributed by atoms with Gasteiger partial charge in [-0.3, -0.25) is 19.1 Å². The predicted molar refractivity (Wildman–Crippen MR) is 140 cm³/mol. The van der Waals surface area contributed by atoms with E-state index in [4.69, 9.17) is 4.74 Å². The molecule has 4 rings (SSSR count). The lowest BCUT2D eigenvalue weighted by atomic mass is 10.0. The highest BCUT2D eigenvalue weighted by Gasteiger charge is 2.39. The van der Waals surface area contributed by atoms with Gasteiger partial charge in [0.1, 0.15) is 5.60 Å². The van der Waals surface area contributed by atoms with Crippen LogP contribution in [0.5, 0.6) is 0 Å². The number of carbonyl (C=O) groups excluding carboxylic acids is 2. The molecule has 2 aromatic carbocycles. The number of likely N-dealkylation sites (tertiary alicyclic amines) is 1. The smallest absolute Gasteiger partial charge is 0.410 e. The van der Waals surface area contributed by atoms with Crippen LogP contribution in [0.15, 0.2) is 56.5 Å². The first-order valence-corrected chi connectivity index (χ1v) is 12.6. The lowest BCUT2D eigenvalue weighted by molar-refractivity contribution is 0.0220. The van der Waals surface area contributed by atoms with Gasteiger partial charge in [0, 0.05) is 29.2 Å². The van der Waals surface area contributed by atoms with Crippen LogP contribution in [0, 0.1) is 0 Å². The number of ether oxygens (including phenoxy) is 1. The zero-order valence-electron chi connectivity index (χ0n) is 20.6. The van der Waals surface area contributed by atoms with Gasteiger partial charge < -0.3 is 15.0 Å². The Labute approximate surface area is 216 Å². The summed E-state index contributed by atoms with van der Waals surface area (Å²) in [5, 5.41) is 3.33. The summed E-state index contributed by atoms with van der Waals surface area (Å²) >= 11 is 3.44. The molecule has 3 aromatic rings. The molecule has 0 bridgehead atoms. The largest absolute Gasteiger partial charge is 0.444 e. The highest BCUT2D eigenvalue weighted by Crippen LogP contribution is 2.34. The predicted octanol–water partition coefficient (Wildman–Crippen LogP) is 3.95. The Morgan fingerprint density at radius 2 is 1.83 bits per heavy atom. The van der Waals surface area contributed by atoms with E-state index >= 15 is 0 Å². The molecular formula is C26H29BrN4O5. The molecule has 1 aromatic heterocycles. The lowest BCUT2D eigenvalue weighted by Gasteiger charge is -2.28. The summed E-state index contributed by atoms with van der Waals surface area (Å²) in [4.78, 5) is 55.1. The Hall–Kier alpha value is -3.40. The second-order valence-electron chi connectivity index (χ2n) is 9.85. The van der Waals surface area contributed by atoms with Gasteiger partial charge in [0.2, 0.25) is 0 Å². The van der Waals surface area contributed by atoms with Gasteiger partial charge >= 0.3 is 11.8 Å². The molecular weight excluding hydrogens is 528 g/mol. The third-order valence-corrected chi connectivity index (χ3v) is 6.61. The maximum absolute atomic E-state index is 13.1. The molecule has 2 amide bonds. The monoisotopic (exact) mass is 556 g/mol. The fourth-order valence-electron chi connectivity index (χ4n) is 4.42. The van der Waals surface area contributed by atoms with Gasteiger partial charge in [0.15, 0.2) is 0 Å². The molecule has 2 N–H and O–H groups in total. The van der Waals surface area contributed by atoms with E-state index in [2.05, 4.69) is 26.2 Å². The van der Waals surface area contributed by atoms with E-state index in [0.29, 0.717) is 22.9 Å². The molecule has 1 fully saturated rings. The molecule has 0 aliphatic carbocycles. The molecule has 2 unspecified atom stereocenters. The van der Waals surface area contributed by atoms with E-state index in [1.165, 1.54) is 6.07 Å². The van der Waals surface area contributed by atoms with Gasteiger partial charge in [-0.15, -0.1) is 0 Å². The Morgan fingerprint density at radius 3 is 2.47 bits per heavy atom. The van der Waals surface area contributed by atoms with Gasteiger partial charge in [0.05, 0.1) is 16.9 Å². The van der Waals surface area contributed by atoms with Crippen molar-refractivity contribution in [1.82, 2.24) is 19.8 Å². The fraction of sp³-hybridized carbons (Fsp3) is 0.385. The van der Waals surface area contributed by atoms with Crippen molar-refractivity contribution >= 4 is 38.8 Å². The average Bonchev–Trinajstić information content (AvgIpc) is 3.22. The van der Waals surface area contributed by atoms with Crippen LogP contribution in [-0.4, -0.2) is 44.6 Å². The van der Waals surface area contributed by atoms with Crippen LogP contribution >= 0.6 is 15.9 Å². The number of rotatable bonds is 4. The molecule has 2 heterocycles. The molecule has 10 heteroatoms. The van der Waals surface area contributed by atoms with Crippen molar-refractivity contribution in [3.63, 3.8) is 0 Å². The highest BCUT2D eigenvalue weighted by molar-refractivity contribution is 9.10. The number of halogens is 1. The summed E-state index contributed by atoms with van der Waals surface area (Å²) in [7, 11) is 0. The number of carbonyl (C=O) groups is 2. The molecule has 2 atom stereocenters. The van der Waals surface area contributed by atoms with E-state index in [1.807, 2.05) is 45.0 Å². The zero-order valence-corrected chi connectivity index (χ0v) is 22.2. The second kappa shape index (κ2) is 9.93. The quantitative estimate of drug-likeness (QED) is 0.505. The Bertz CT molecular complexity index is 1420. The molecule has 0 radical (unpaired) electrons. The number of aromatic amines is 1. The summed E-state index contributed by atoms with van der Waals surface area (Å²) in [5.74, 6) is -0.358. The summed E-state index contributed by atoms with van der Waals surface area (Å²) in [6.07, 6.45) is 0.0702. The maximum atomic E-state index is 13.1. The van der Waals surface area contributed by atoms with Crippen LogP contribution in [0.2, 0.25) is 0 Å². The minimum absolute atomic E-state index is 0.252. The normalized spacial score (nSPS) is 17.9. The van der Waals surface area contributed by atoms with Crippen LogP contribution in [0.4, 0.5) is 4.79 Å². The fourth-order valence-corrected chi connectivity index (χ4v) is 4.68. The van der Waals surface area contributed by atoms with E-state index in [-0.39, 0.29) is 31.1 Å². The van der Waals surface area contributed by atoms with Crippen molar-refractivity contribution in [1.29, 1.82) is 0 Å². The number of nitrogens with zero attached hydrogens (tertiary/aromatic N) is 2. The number of nitrogens with one attached hydrogen (secondary N) is 2. The molecule has 9 nitrogen and oxygen atoms in total. The zero-order chi connectivity index (χ0) is 26.2. The van der Waals surface area contributed by atoms with Crippen LogP contribution < -0.4 is 16.6 Å². The van der Waals surface area contributed by atoms with Crippen LogP contribution in [-0.2, 0) is 11.3 Å². The lowest BCUT2D eigenvalue weighted by Crippen LogP contribution is -2.40. The Kier molecular flexibility index (Phi) is 7.08. The van der Waals surface area contributed by atoms with E-state index in [0.717, 1.165) is 14.6 Å². The van der Waals surface area contributed by atoms with Gasteiger partial charge in [-0.05, 0) is 70.0 Å². The number of amides is 2. The van der Waals surface area contributed by atoms with Crippen LogP contribution in [0.25, 0.3) is 10.9 Å². The standard InChI is InChI=1S/C26H29BrN4O5/c1-5-30-23(33)19-11-8-16(12-20(19)29-24(30)34)22(32)28-18-13-21(15-6-9-17(27)10-7-15)31(14-18)25(35)36-26(2,3)4/h6-12,18,21H,5,13-14H2,1-4H3,(H,28,32)(H,29,34). The SMILES string of the molecule is CCn1c(=O)[nH]c2cc(C(=O)NC3CC(c4ccc(Br)cc4)N(C(=O)OC(C)(C)C)C3)ccc2c1=O. The van der Waals surface area contributed by atoms with Crippen molar-refractivity contribution in [2.24, 2.45) is 0 Å². The number of aromatic nitrogens is 2. The first-order chi connectivity index (χ1) is 17.0. The highest BCUT2D eigenvalue weighted by atomic mass is 79.9. The van der Waals surface area contributed by atoms with Crippen molar-refractivity contribution < 1.29 is 14.3 Å². The number of hydrogen-bond acceptors (Lipinski definition) is 5. The van der Waals surface area contributed by atoms with Crippen molar-refractivity contribution in [2.75, 3.05) is 6.54 Å². The van der Waals surface area contributed by atoms with Crippen molar-refractivity contribution in [2.45, 2.75) is 58.3 Å². The molecule has 0 spiro atoms. The van der Waals surface area contributed by atoms with Gasteiger partial charge in [-0.2, -0.15) is 0 Å². The summed E-state index contributed by atoms with van der Waals surface area (Å²) < 4.78 is 7.66. The number of H-pyrrole nitrogens is 1. The molecule has 1 aliphatic heterocycles. The average molecular weight is 557 g/mol. The molecule has 0 saturated carbocycles. The van der Waals surface area contributed by atoms with Gasteiger partial charge in [-0.25, -0.2) is 9.59 Å². The van der Waals surface area contributed by atoms with Gasteiger partial charge in [0.25, 0.3) is 11.5 Å². The number of benzene rings is 2. The second-order valence-corrected chi connectivity index (χ2v) is 10.8. The third-order valence-electron chi connectivity index (χ3n) is 6.08. The summed E-state index contributed by atoms with van der Waals surface area (Å²) in [5.41, 5.74) is -0.0185. The van der Waals surface area contributed by atoms with Crippen molar-refractivity contribution in [3.05, 3.63) is 78.9 Å². The van der Waals surface area contributed by atoms with Crippen LogP contribution in [0.3, 0.4) is 0 Å². The number of hydrogen-bond donors (Lipinski definition) is 2. The Balaban J connectivity index is 1.57. The van der Waals surface area contributed by atoms with E-state index in [1.54, 1.807) is 24.0 Å². The molecule has 1 saturated heterocycles.